The van der Waals surface area contributed by atoms with E-state index in [9.17, 15) is 4.79 Å². The van der Waals surface area contributed by atoms with Crippen LogP contribution in [0.25, 0.3) is 0 Å². The minimum absolute atomic E-state index is 0.0173. The van der Waals surface area contributed by atoms with Crippen molar-refractivity contribution in [3.8, 4) is 0 Å². The van der Waals surface area contributed by atoms with Crippen LogP contribution in [0, 0.1) is 5.41 Å². The Balaban J connectivity index is 1.58. The van der Waals surface area contributed by atoms with Crippen molar-refractivity contribution in [2.24, 2.45) is 0 Å². The number of hydrogen-bond donors (Lipinski definition) is 2. The molecule has 6 nitrogen and oxygen atoms in total. The highest BCUT2D eigenvalue weighted by molar-refractivity contribution is 6.04. The van der Waals surface area contributed by atoms with Crippen molar-refractivity contribution in [1.82, 2.24) is 9.47 Å². The lowest BCUT2D eigenvalue weighted by molar-refractivity contribution is 0.366. The molecule has 3 aliphatic rings. The molecule has 2 aromatic rings. The van der Waals surface area contributed by atoms with E-state index in [4.69, 9.17) is 9.83 Å². The number of furan rings is 1. The molecule has 0 spiro atoms. The van der Waals surface area contributed by atoms with E-state index in [1.165, 1.54) is 0 Å². The van der Waals surface area contributed by atoms with Crippen molar-refractivity contribution in [1.29, 1.82) is 5.41 Å². The maximum atomic E-state index is 12.6. The molecule has 4 heterocycles. The van der Waals surface area contributed by atoms with Gasteiger partial charge >= 0.3 is 0 Å². The van der Waals surface area contributed by atoms with Gasteiger partial charge in [0.15, 0.2) is 0 Å². The monoisotopic (exact) mass is 320 g/mol. The van der Waals surface area contributed by atoms with Gasteiger partial charge in [-0.3, -0.25) is 14.8 Å². The smallest absolute Gasteiger partial charge is 0.253 e. The number of pyridine rings is 1. The molecule has 0 saturated heterocycles. The lowest BCUT2D eigenvalue weighted by Crippen LogP contribution is -2.26. The second-order valence-corrected chi connectivity index (χ2v) is 6.32. The van der Waals surface area contributed by atoms with Crippen molar-refractivity contribution < 1.29 is 4.42 Å². The van der Waals surface area contributed by atoms with Gasteiger partial charge in [-0.1, -0.05) is 24.3 Å². The maximum Gasteiger partial charge on any atom is 0.253 e. The fourth-order valence-electron chi connectivity index (χ4n) is 3.80. The summed E-state index contributed by atoms with van der Waals surface area (Å²) in [5.41, 5.74) is 1.72. The minimum atomic E-state index is -0.0188. The first-order chi connectivity index (χ1) is 11.7. The maximum absolute atomic E-state index is 12.6. The third-order valence-corrected chi connectivity index (χ3v) is 4.88. The van der Waals surface area contributed by atoms with Crippen molar-refractivity contribution in [3.05, 3.63) is 76.0 Å². The third kappa shape index (κ3) is 1.76. The minimum Gasteiger partial charge on any atom is -0.467 e. The molecule has 2 aliphatic heterocycles. The standard InChI is InChI=1S/C18H16N4O2/c19-17-16-11(9-21(17)10-12-4-3-7-24-12)8-15(23)22-14-6-2-1-5-13(14)20-18(16)22/h1-8,13-14,19-20H,9-10H2/t13-,14-/m0/s1. The van der Waals surface area contributed by atoms with E-state index < -0.39 is 0 Å². The van der Waals surface area contributed by atoms with Gasteiger partial charge in [-0.05, 0) is 17.7 Å². The highest BCUT2D eigenvalue weighted by atomic mass is 16.3. The lowest BCUT2D eigenvalue weighted by Gasteiger charge is -2.16. The Morgan fingerprint density at radius 2 is 2.21 bits per heavy atom. The summed E-state index contributed by atoms with van der Waals surface area (Å²) in [5, 5.41) is 12.0. The van der Waals surface area contributed by atoms with Gasteiger partial charge in [0.2, 0.25) is 0 Å². The van der Waals surface area contributed by atoms with Crippen LogP contribution in [0.15, 0.2) is 58.0 Å². The van der Waals surface area contributed by atoms with Crippen molar-refractivity contribution in [2.75, 3.05) is 5.32 Å². The van der Waals surface area contributed by atoms with E-state index in [0.717, 1.165) is 22.7 Å². The largest absolute Gasteiger partial charge is 0.467 e. The normalized spacial score (nSPS) is 23.2. The Hall–Kier alpha value is -3.02. The number of nitrogens with one attached hydrogen (secondary N) is 2. The summed E-state index contributed by atoms with van der Waals surface area (Å²) in [5.74, 6) is 2.01. The van der Waals surface area contributed by atoms with Gasteiger partial charge in [-0.2, -0.15) is 0 Å². The highest BCUT2D eigenvalue weighted by Crippen LogP contribution is 2.37. The molecule has 5 rings (SSSR count). The van der Waals surface area contributed by atoms with Crippen LogP contribution >= 0.6 is 0 Å². The first kappa shape index (κ1) is 13.4. The number of amidine groups is 1. The summed E-state index contributed by atoms with van der Waals surface area (Å²) in [4.78, 5) is 14.5. The summed E-state index contributed by atoms with van der Waals surface area (Å²) in [6, 6.07) is 5.47. The summed E-state index contributed by atoms with van der Waals surface area (Å²) in [6.07, 6.45) is 9.67. The Kier molecular flexibility index (Phi) is 2.65. The molecule has 2 atom stereocenters. The van der Waals surface area contributed by atoms with Crippen molar-refractivity contribution >= 4 is 11.7 Å². The highest BCUT2D eigenvalue weighted by Gasteiger charge is 2.37. The fraction of sp³-hybridized carbons (Fsp3) is 0.222. The Bertz CT molecular complexity index is 952. The number of anilines is 1. The zero-order chi connectivity index (χ0) is 16.3. The first-order valence-corrected chi connectivity index (χ1v) is 7.98. The van der Waals surface area contributed by atoms with Gasteiger partial charge in [0.05, 0.1) is 30.5 Å². The number of rotatable bonds is 2. The Morgan fingerprint density at radius 1 is 1.33 bits per heavy atom. The van der Waals surface area contributed by atoms with Gasteiger partial charge in [0.1, 0.15) is 17.4 Å². The average molecular weight is 320 g/mol. The molecule has 2 aromatic heterocycles. The number of nitrogens with zero attached hydrogens (tertiary/aromatic N) is 2. The molecule has 0 unspecified atom stereocenters. The van der Waals surface area contributed by atoms with Crippen LogP contribution < -0.4 is 10.9 Å². The number of fused-ring (bicyclic) bond motifs is 5. The molecule has 0 amide bonds. The number of hydrogen-bond acceptors (Lipinski definition) is 4. The molecule has 120 valence electrons. The van der Waals surface area contributed by atoms with E-state index >= 15 is 0 Å². The van der Waals surface area contributed by atoms with Crippen LogP contribution in [0.5, 0.6) is 0 Å². The molecule has 0 aromatic carbocycles. The van der Waals surface area contributed by atoms with E-state index in [1.807, 2.05) is 35.3 Å². The Labute approximate surface area is 138 Å². The summed E-state index contributed by atoms with van der Waals surface area (Å²) < 4.78 is 7.17. The van der Waals surface area contributed by atoms with Gasteiger partial charge in [-0.15, -0.1) is 0 Å². The van der Waals surface area contributed by atoms with Crippen LogP contribution in [-0.4, -0.2) is 21.3 Å². The molecule has 24 heavy (non-hydrogen) atoms. The first-order valence-electron chi connectivity index (χ1n) is 7.98. The third-order valence-electron chi connectivity index (χ3n) is 4.88. The molecular weight excluding hydrogens is 304 g/mol. The quantitative estimate of drug-likeness (QED) is 0.890. The predicted octanol–water partition coefficient (Wildman–Crippen LogP) is 2.24. The zero-order valence-electron chi connectivity index (χ0n) is 12.9. The molecular formula is C18H16N4O2. The van der Waals surface area contributed by atoms with E-state index in [-0.39, 0.29) is 17.6 Å². The molecule has 0 saturated carbocycles. The van der Waals surface area contributed by atoms with Gasteiger partial charge in [0.25, 0.3) is 5.56 Å². The Morgan fingerprint density at radius 3 is 3.04 bits per heavy atom. The SMILES string of the molecule is N=C1c2c(cc(=O)n3c2N[C@H]2C=CC=C[C@@H]23)CN1Cc1ccco1. The van der Waals surface area contributed by atoms with E-state index in [1.54, 1.807) is 16.9 Å². The fourth-order valence-corrected chi connectivity index (χ4v) is 3.80. The lowest BCUT2D eigenvalue weighted by atomic mass is 10.0. The van der Waals surface area contributed by atoms with Gasteiger partial charge < -0.3 is 14.6 Å². The summed E-state index contributed by atoms with van der Waals surface area (Å²) in [6.45, 7) is 1.08. The molecule has 0 fully saturated rings. The predicted molar refractivity (Wildman–Crippen MR) is 90.2 cm³/mol. The average Bonchev–Trinajstić information content (AvgIpc) is 3.26. The van der Waals surface area contributed by atoms with Crippen LogP contribution in [0.4, 0.5) is 5.82 Å². The van der Waals surface area contributed by atoms with Crippen LogP contribution in [0.2, 0.25) is 0 Å². The second kappa shape index (κ2) is 4.74. The summed E-state index contributed by atoms with van der Waals surface area (Å²) >= 11 is 0. The number of allylic oxidation sites excluding steroid dienone is 2. The topological polar surface area (TPSA) is 74.3 Å². The molecule has 0 radical (unpaired) electrons. The van der Waals surface area contributed by atoms with Crippen molar-refractivity contribution in [3.63, 3.8) is 0 Å². The molecule has 6 heteroatoms. The van der Waals surface area contributed by atoms with Crippen LogP contribution in [0.3, 0.4) is 0 Å². The van der Waals surface area contributed by atoms with Gasteiger partial charge in [0, 0.05) is 12.6 Å². The van der Waals surface area contributed by atoms with E-state index in [0.29, 0.717) is 18.9 Å². The van der Waals surface area contributed by atoms with Crippen LogP contribution in [-0.2, 0) is 13.1 Å². The number of aromatic nitrogens is 1. The summed E-state index contributed by atoms with van der Waals surface area (Å²) in [7, 11) is 0. The van der Waals surface area contributed by atoms with E-state index in [2.05, 4.69) is 11.4 Å². The molecule has 0 bridgehead atoms. The van der Waals surface area contributed by atoms with Gasteiger partial charge in [-0.25, -0.2) is 0 Å². The second-order valence-electron chi connectivity index (χ2n) is 6.32. The molecule has 1 aliphatic carbocycles. The van der Waals surface area contributed by atoms with Crippen molar-refractivity contribution in [2.45, 2.75) is 25.2 Å². The zero-order valence-corrected chi connectivity index (χ0v) is 12.9. The molecule has 2 N–H and O–H groups in total. The van der Waals surface area contributed by atoms with Crippen LogP contribution in [0.1, 0.15) is 22.9 Å².